The SMILES string of the molecule is CCOc1cc(C(Nc2ccc(C(=N)N)cc2)C(=O)NNC(=O)c2ccccn2)ccc1OCCOC.O=C(O)C(F)(F)F. The molecule has 1 unspecified atom stereocenters. The van der Waals surface area contributed by atoms with Gasteiger partial charge in [0.15, 0.2) is 11.5 Å². The van der Waals surface area contributed by atoms with E-state index in [1.807, 2.05) is 6.92 Å². The number of carbonyl (C=O) groups excluding carboxylic acids is 2. The highest BCUT2D eigenvalue weighted by atomic mass is 19.4. The van der Waals surface area contributed by atoms with Crippen molar-refractivity contribution in [2.24, 2.45) is 5.73 Å². The molecule has 0 bridgehead atoms. The van der Waals surface area contributed by atoms with Crippen molar-refractivity contribution in [3.05, 3.63) is 83.7 Å². The summed E-state index contributed by atoms with van der Waals surface area (Å²) in [5, 5.41) is 17.9. The predicted octanol–water partition coefficient (Wildman–Crippen LogP) is 3.04. The number of nitrogens with one attached hydrogen (secondary N) is 4. The van der Waals surface area contributed by atoms with E-state index >= 15 is 0 Å². The molecule has 3 rings (SSSR count). The minimum atomic E-state index is -5.08. The van der Waals surface area contributed by atoms with Gasteiger partial charge in [0.25, 0.3) is 11.8 Å². The molecular formula is C28H31F3N6O7. The lowest BCUT2D eigenvalue weighted by molar-refractivity contribution is -0.192. The summed E-state index contributed by atoms with van der Waals surface area (Å²) in [4.78, 5) is 38.5. The Morgan fingerprint density at radius 1 is 1.00 bits per heavy atom. The largest absolute Gasteiger partial charge is 0.490 e. The molecule has 0 saturated heterocycles. The Morgan fingerprint density at radius 3 is 2.23 bits per heavy atom. The van der Waals surface area contributed by atoms with Gasteiger partial charge in [-0.05, 0) is 61.0 Å². The van der Waals surface area contributed by atoms with Crippen molar-refractivity contribution in [3.8, 4) is 11.5 Å². The molecule has 0 fully saturated rings. The van der Waals surface area contributed by atoms with E-state index in [9.17, 15) is 22.8 Å². The third-order valence-electron chi connectivity index (χ3n) is 5.35. The average molecular weight is 621 g/mol. The maximum absolute atomic E-state index is 13.3. The molecule has 0 radical (unpaired) electrons. The number of aliphatic carboxylic acids is 1. The molecule has 2 amide bonds. The molecule has 1 aromatic heterocycles. The van der Waals surface area contributed by atoms with Gasteiger partial charge in [-0.3, -0.25) is 30.8 Å². The van der Waals surface area contributed by atoms with Crippen LogP contribution in [0.25, 0.3) is 0 Å². The summed E-state index contributed by atoms with van der Waals surface area (Å²) in [5.74, 6) is -2.95. The third kappa shape index (κ3) is 11.1. The molecule has 13 nitrogen and oxygen atoms in total. The van der Waals surface area contributed by atoms with Crippen LogP contribution >= 0.6 is 0 Å². The highest BCUT2D eigenvalue weighted by molar-refractivity contribution is 5.96. The number of nitrogens with two attached hydrogens (primary N) is 1. The fourth-order valence-corrected chi connectivity index (χ4v) is 3.29. The summed E-state index contributed by atoms with van der Waals surface area (Å²) in [6.07, 6.45) is -3.60. The van der Waals surface area contributed by atoms with E-state index in [0.29, 0.717) is 48.1 Å². The lowest BCUT2D eigenvalue weighted by atomic mass is 10.0. The second-order valence-corrected chi connectivity index (χ2v) is 8.51. The molecular weight excluding hydrogens is 589 g/mol. The van der Waals surface area contributed by atoms with Crippen molar-refractivity contribution in [1.29, 1.82) is 5.41 Å². The second kappa shape index (κ2) is 16.9. The van der Waals surface area contributed by atoms with E-state index < -0.39 is 30.0 Å². The number of hydrazine groups is 1. The van der Waals surface area contributed by atoms with Gasteiger partial charge < -0.3 is 30.4 Å². The molecule has 0 saturated carbocycles. The minimum Gasteiger partial charge on any atom is -0.490 e. The molecule has 44 heavy (non-hydrogen) atoms. The van der Waals surface area contributed by atoms with Crippen LogP contribution in [0, 0.1) is 5.41 Å². The van der Waals surface area contributed by atoms with Gasteiger partial charge in [0, 0.05) is 24.6 Å². The van der Waals surface area contributed by atoms with Gasteiger partial charge >= 0.3 is 12.1 Å². The van der Waals surface area contributed by atoms with Crippen LogP contribution < -0.4 is 31.4 Å². The number of aromatic nitrogens is 1. The van der Waals surface area contributed by atoms with E-state index in [1.165, 1.54) is 12.3 Å². The van der Waals surface area contributed by atoms with Gasteiger partial charge in [-0.1, -0.05) is 12.1 Å². The summed E-state index contributed by atoms with van der Waals surface area (Å²) < 4.78 is 48.3. The highest BCUT2D eigenvalue weighted by Crippen LogP contribution is 2.32. The number of amides is 2. The number of alkyl halides is 3. The minimum absolute atomic E-state index is 0.0662. The molecule has 0 aliphatic carbocycles. The number of carbonyl (C=O) groups is 3. The molecule has 2 aromatic carbocycles. The summed E-state index contributed by atoms with van der Waals surface area (Å²) in [6, 6.07) is 15.8. The highest BCUT2D eigenvalue weighted by Gasteiger charge is 2.38. The molecule has 7 N–H and O–H groups in total. The van der Waals surface area contributed by atoms with Crippen molar-refractivity contribution in [2.75, 3.05) is 32.2 Å². The molecule has 236 valence electrons. The lowest BCUT2D eigenvalue weighted by Crippen LogP contribution is -2.45. The molecule has 0 aliphatic rings. The van der Waals surface area contributed by atoms with Gasteiger partial charge in [-0.2, -0.15) is 13.2 Å². The van der Waals surface area contributed by atoms with Gasteiger partial charge in [-0.15, -0.1) is 0 Å². The summed E-state index contributed by atoms with van der Waals surface area (Å²) in [7, 11) is 1.58. The molecule has 0 spiro atoms. The zero-order chi connectivity index (χ0) is 32.7. The van der Waals surface area contributed by atoms with Gasteiger partial charge in [0.05, 0.1) is 13.2 Å². The second-order valence-electron chi connectivity index (χ2n) is 8.51. The lowest BCUT2D eigenvalue weighted by Gasteiger charge is -2.22. The first-order chi connectivity index (χ1) is 20.9. The van der Waals surface area contributed by atoms with Crippen molar-refractivity contribution in [1.82, 2.24) is 15.8 Å². The third-order valence-corrected chi connectivity index (χ3v) is 5.35. The summed E-state index contributed by atoms with van der Waals surface area (Å²) >= 11 is 0. The first-order valence-electron chi connectivity index (χ1n) is 12.8. The van der Waals surface area contributed by atoms with E-state index in [4.69, 9.17) is 35.3 Å². The first kappa shape index (κ1) is 34.8. The number of methoxy groups -OCH3 is 1. The monoisotopic (exact) mass is 620 g/mol. The summed E-state index contributed by atoms with van der Waals surface area (Å²) in [6.45, 7) is 2.98. The van der Waals surface area contributed by atoms with Crippen LogP contribution in [-0.2, 0) is 14.3 Å². The predicted molar refractivity (Wildman–Crippen MR) is 152 cm³/mol. The number of nitrogens with zero attached hydrogens (tertiary/aromatic N) is 1. The van der Waals surface area contributed by atoms with Crippen LogP contribution in [0.3, 0.4) is 0 Å². The number of nitrogen functional groups attached to an aromatic ring is 1. The maximum atomic E-state index is 13.3. The Morgan fingerprint density at radius 2 is 1.68 bits per heavy atom. The molecule has 1 heterocycles. The smallest absolute Gasteiger partial charge is 0.490 e. The molecule has 16 heteroatoms. The zero-order valence-electron chi connectivity index (χ0n) is 23.6. The first-order valence-corrected chi connectivity index (χ1v) is 12.8. The van der Waals surface area contributed by atoms with Crippen molar-refractivity contribution in [3.63, 3.8) is 0 Å². The number of pyridine rings is 1. The number of hydrogen-bond acceptors (Lipinski definition) is 9. The van der Waals surface area contributed by atoms with Gasteiger partial charge in [0.2, 0.25) is 0 Å². The van der Waals surface area contributed by atoms with Gasteiger partial charge in [-0.25, -0.2) is 4.79 Å². The Bertz CT molecular complexity index is 1410. The fourth-order valence-electron chi connectivity index (χ4n) is 3.29. The number of ether oxygens (including phenoxy) is 3. The Balaban J connectivity index is 0.000000860. The molecule has 0 aliphatic heterocycles. The van der Waals surface area contributed by atoms with Crippen LogP contribution in [0.15, 0.2) is 66.9 Å². The number of carboxylic acid groups (broad SMARTS) is 1. The quantitative estimate of drug-likeness (QED) is 0.0757. The van der Waals surface area contributed by atoms with Crippen molar-refractivity contribution < 1.29 is 46.9 Å². The number of hydrogen-bond donors (Lipinski definition) is 6. The van der Waals surface area contributed by atoms with Crippen molar-refractivity contribution >= 4 is 29.3 Å². The standard InChI is InChI=1S/C26H30N6O5.C2HF3O2/c1-3-36-22-16-18(9-12-21(22)37-15-14-35-2)23(30-19-10-7-17(8-11-19)24(27)28)26(34)32-31-25(33)20-6-4-5-13-29-20;3-2(4,5)1(6)7/h4-13,16,23,30H,3,14-15H2,1-2H3,(H3,27,28)(H,31,33)(H,32,34);(H,6,7). The Hall–Kier alpha value is -5.38. The number of carboxylic acids is 1. The van der Waals surface area contributed by atoms with Crippen molar-refractivity contribution in [2.45, 2.75) is 19.1 Å². The van der Waals surface area contributed by atoms with Crippen LogP contribution in [0.1, 0.15) is 34.6 Å². The Labute approximate surface area is 250 Å². The molecule has 1 atom stereocenters. The van der Waals surface area contributed by atoms with E-state index in [0.717, 1.165) is 0 Å². The van der Waals surface area contributed by atoms with Crippen LogP contribution in [-0.4, -0.2) is 66.8 Å². The maximum Gasteiger partial charge on any atom is 0.490 e. The number of halogens is 3. The Kier molecular flexibility index (Phi) is 13.4. The topological polar surface area (TPSA) is 198 Å². The van der Waals surface area contributed by atoms with E-state index in [1.54, 1.807) is 61.7 Å². The fraction of sp³-hybridized carbons (Fsp3) is 0.250. The van der Waals surface area contributed by atoms with Crippen LogP contribution in [0.2, 0.25) is 0 Å². The van der Waals surface area contributed by atoms with Crippen LogP contribution in [0.4, 0.5) is 18.9 Å². The van der Waals surface area contributed by atoms with E-state index in [-0.39, 0.29) is 11.5 Å². The summed E-state index contributed by atoms with van der Waals surface area (Å²) in [5.41, 5.74) is 12.2. The van der Waals surface area contributed by atoms with Crippen LogP contribution in [0.5, 0.6) is 11.5 Å². The van der Waals surface area contributed by atoms with E-state index in [2.05, 4.69) is 21.2 Å². The number of anilines is 1. The number of amidine groups is 1. The zero-order valence-corrected chi connectivity index (χ0v) is 23.6. The average Bonchev–Trinajstić information content (AvgIpc) is 3.00. The number of rotatable bonds is 12. The molecule has 3 aromatic rings. The van der Waals surface area contributed by atoms with Gasteiger partial charge in [0.1, 0.15) is 24.2 Å². The normalized spacial score (nSPS) is 11.2. The number of benzene rings is 2.